The average molecular weight is 272 g/mol. The Morgan fingerprint density at radius 1 is 1.50 bits per heavy atom. The van der Waals surface area contributed by atoms with E-state index in [-0.39, 0.29) is 0 Å². The maximum Gasteiger partial charge on any atom is 0.178 e. The molecule has 0 aliphatic heterocycles. The van der Waals surface area contributed by atoms with E-state index in [0.717, 1.165) is 16.7 Å². The molecule has 88 valence electrons. The van der Waals surface area contributed by atoms with Crippen LogP contribution in [0.2, 0.25) is 0 Å². The lowest BCUT2D eigenvalue weighted by Gasteiger charge is -2.01. The summed E-state index contributed by atoms with van der Waals surface area (Å²) in [5.41, 5.74) is 5.28. The first-order valence-corrected chi connectivity index (χ1v) is 6.63. The van der Waals surface area contributed by atoms with E-state index in [4.69, 9.17) is 17.5 Å². The summed E-state index contributed by atoms with van der Waals surface area (Å²) in [4.78, 5) is 7.39. The molecule has 0 atom stereocenters. The highest BCUT2D eigenvalue weighted by atomic mass is 32.1. The molecule has 0 radical (unpaired) electrons. The van der Waals surface area contributed by atoms with Crippen molar-refractivity contribution in [1.82, 2.24) is 14.5 Å². The Morgan fingerprint density at radius 2 is 2.39 bits per heavy atom. The van der Waals surface area contributed by atoms with Crippen LogP contribution in [0.1, 0.15) is 11.3 Å². The summed E-state index contributed by atoms with van der Waals surface area (Å²) >= 11 is 6.87. The number of imidazole rings is 1. The molecule has 0 aliphatic rings. The van der Waals surface area contributed by atoms with Crippen molar-refractivity contribution in [3.63, 3.8) is 0 Å². The number of H-pyrrole nitrogens is 1. The van der Waals surface area contributed by atoms with Crippen molar-refractivity contribution in [3.05, 3.63) is 45.1 Å². The van der Waals surface area contributed by atoms with E-state index in [1.54, 1.807) is 22.9 Å². The Kier molecular flexibility index (Phi) is 2.70. The molecule has 1 N–H and O–H groups in total. The van der Waals surface area contributed by atoms with Gasteiger partial charge >= 0.3 is 0 Å². The second-order valence-corrected chi connectivity index (χ2v) is 4.95. The van der Waals surface area contributed by atoms with Gasteiger partial charge in [0.15, 0.2) is 4.77 Å². The smallest absolute Gasteiger partial charge is 0.178 e. The predicted molar refractivity (Wildman–Crippen MR) is 73.1 cm³/mol. The van der Waals surface area contributed by atoms with E-state index >= 15 is 0 Å². The van der Waals surface area contributed by atoms with Crippen molar-refractivity contribution in [2.24, 2.45) is 0 Å². The minimum atomic E-state index is 0.622. The molecule has 18 heavy (non-hydrogen) atoms. The fourth-order valence-electron chi connectivity index (χ4n) is 1.86. The van der Waals surface area contributed by atoms with Crippen molar-refractivity contribution < 1.29 is 0 Å². The van der Waals surface area contributed by atoms with Crippen molar-refractivity contribution >= 4 is 34.6 Å². The highest BCUT2D eigenvalue weighted by Gasteiger charge is 2.07. The summed E-state index contributed by atoms with van der Waals surface area (Å²) in [7, 11) is 0. The highest BCUT2D eigenvalue weighted by Crippen LogP contribution is 2.17. The van der Waals surface area contributed by atoms with Crippen LogP contribution in [0.15, 0.2) is 29.1 Å². The van der Waals surface area contributed by atoms with Crippen LogP contribution in [0.5, 0.6) is 0 Å². The van der Waals surface area contributed by atoms with Crippen LogP contribution in [0, 0.1) is 16.1 Å². The molecule has 2 heterocycles. The van der Waals surface area contributed by atoms with Crippen LogP contribution in [-0.4, -0.2) is 14.5 Å². The highest BCUT2D eigenvalue weighted by molar-refractivity contribution is 7.71. The molecule has 0 saturated carbocycles. The van der Waals surface area contributed by atoms with Crippen LogP contribution in [0.4, 0.5) is 0 Å². The largest absolute Gasteiger partial charge is 0.331 e. The molecule has 0 unspecified atom stereocenters. The Labute approximate surface area is 112 Å². The molecule has 3 rings (SSSR count). The Hall–Kier alpha value is -1.97. The van der Waals surface area contributed by atoms with Crippen LogP contribution in [-0.2, 0) is 6.54 Å². The Bertz CT molecular complexity index is 790. The standard InChI is InChI=1S/C12H8N4S2/c13-4-8-1-2-10-11(3-8)16(12(17)15-10)5-9-6-18-7-14-9/h1-3,6-7H,5H2,(H,15,17). The Balaban J connectivity index is 2.18. The van der Waals surface area contributed by atoms with Crippen molar-refractivity contribution in [1.29, 1.82) is 5.26 Å². The van der Waals surface area contributed by atoms with Crippen molar-refractivity contribution in [2.75, 3.05) is 0 Å². The number of benzene rings is 1. The molecule has 6 heteroatoms. The van der Waals surface area contributed by atoms with Crippen molar-refractivity contribution in [2.45, 2.75) is 6.54 Å². The number of nitrogens with one attached hydrogen (secondary N) is 1. The zero-order valence-corrected chi connectivity index (χ0v) is 10.9. The number of nitriles is 1. The van der Waals surface area contributed by atoms with E-state index < -0.39 is 0 Å². The van der Waals surface area contributed by atoms with Gasteiger partial charge in [-0.25, -0.2) is 4.98 Å². The number of aromatic amines is 1. The molecular formula is C12H8N4S2. The number of rotatable bonds is 2. The zero-order chi connectivity index (χ0) is 12.5. The fraction of sp³-hybridized carbons (Fsp3) is 0.0833. The van der Waals surface area contributed by atoms with Gasteiger partial charge in [-0.3, -0.25) is 0 Å². The maximum atomic E-state index is 8.95. The van der Waals surface area contributed by atoms with E-state index in [9.17, 15) is 0 Å². The molecule has 0 spiro atoms. The number of nitrogens with zero attached hydrogens (tertiary/aromatic N) is 3. The monoisotopic (exact) mass is 272 g/mol. The molecule has 0 amide bonds. The lowest BCUT2D eigenvalue weighted by atomic mass is 10.2. The number of thiazole rings is 1. The molecular weight excluding hydrogens is 264 g/mol. The third kappa shape index (κ3) is 1.83. The summed E-state index contributed by atoms with van der Waals surface area (Å²) in [6.45, 7) is 0.622. The van der Waals surface area contributed by atoms with Gasteiger partial charge in [-0.2, -0.15) is 5.26 Å². The van der Waals surface area contributed by atoms with Gasteiger partial charge in [-0.15, -0.1) is 11.3 Å². The number of fused-ring (bicyclic) bond motifs is 1. The topological polar surface area (TPSA) is 57.4 Å². The van der Waals surface area contributed by atoms with Gasteiger partial charge in [0.05, 0.1) is 40.4 Å². The van der Waals surface area contributed by atoms with Gasteiger partial charge in [0.1, 0.15) is 0 Å². The van der Waals surface area contributed by atoms with Gasteiger partial charge in [0, 0.05) is 5.38 Å². The minimum Gasteiger partial charge on any atom is -0.331 e. The summed E-state index contributed by atoms with van der Waals surface area (Å²) < 4.78 is 2.61. The SMILES string of the molecule is N#Cc1ccc2[nH]c(=S)n(Cc3cscn3)c2c1. The Morgan fingerprint density at radius 3 is 3.11 bits per heavy atom. The van der Waals surface area contributed by atoms with E-state index in [1.807, 2.05) is 22.1 Å². The van der Waals surface area contributed by atoms with Gasteiger partial charge < -0.3 is 9.55 Å². The van der Waals surface area contributed by atoms with E-state index in [2.05, 4.69) is 16.0 Å². The van der Waals surface area contributed by atoms with Crippen LogP contribution >= 0.6 is 23.6 Å². The van der Waals surface area contributed by atoms with Gasteiger partial charge in [0.25, 0.3) is 0 Å². The normalized spacial score (nSPS) is 10.6. The molecule has 0 fully saturated rings. The summed E-state index contributed by atoms with van der Waals surface area (Å²) in [5.74, 6) is 0. The van der Waals surface area contributed by atoms with Gasteiger partial charge in [-0.1, -0.05) is 0 Å². The number of hydrogen-bond donors (Lipinski definition) is 1. The first-order valence-electron chi connectivity index (χ1n) is 5.27. The van der Waals surface area contributed by atoms with Gasteiger partial charge in [0.2, 0.25) is 0 Å². The second-order valence-electron chi connectivity index (χ2n) is 3.84. The van der Waals surface area contributed by atoms with Crippen LogP contribution in [0.3, 0.4) is 0 Å². The molecule has 2 aromatic heterocycles. The average Bonchev–Trinajstić information content (AvgIpc) is 2.99. The lowest BCUT2D eigenvalue weighted by Crippen LogP contribution is -1.99. The van der Waals surface area contributed by atoms with E-state index in [0.29, 0.717) is 16.9 Å². The third-order valence-electron chi connectivity index (χ3n) is 2.71. The predicted octanol–water partition coefficient (Wildman–Crippen LogP) is 3.08. The molecule has 0 aliphatic carbocycles. The molecule has 3 aromatic rings. The molecule has 0 saturated heterocycles. The van der Waals surface area contributed by atoms with Crippen molar-refractivity contribution in [3.8, 4) is 6.07 Å². The zero-order valence-electron chi connectivity index (χ0n) is 9.25. The van der Waals surface area contributed by atoms with Crippen LogP contribution < -0.4 is 0 Å². The first kappa shape index (κ1) is 11.1. The maximum absolute atomic E-state index is 8.95. The number of hydrogen-bond acceptors (Lipinski definition) is 4. The summed E-state index contributed by atoms with van der Waals surface area (Å²) in [5, 5.41) is 10.9. The lowest BCUT2D eigenvalue weighted by molar-refractivity contribution is 0.791. The van der Waals surface area contributed by atoms with E-state index in [1.165, 1.54) is 0 Å². The summed E-state index contributed by atoms with van der Waals surface area (Å²) in [6.07, 6.45) is 0. The molecule has 0 bridgehead atoms. The van der Waals surface area contributed by atoms with Crippen LogP contribution in [0.25, 0.3) is 11.0 Å². The fourth-order valence-corrected chi connectivity index (χ4v) is 2.68. The third-order valence-corrected chi connectivity index (χ3v) is 3.67. The quantitative estimate of drug-likeness (QED) is 0.729. The summed E-state index contributed by atoms with van der Waals surface area (Å²) in [6, 6.07) is 7.64. The molecule has 4 nitrogen and oxygen atoms in total. The second kappa shape index (κ2) is 4.37. The van der Waals surface area contributed by atoms with Gasteiger partial charge in [-0.05, 0) is 30.4 Å². The minimum absolute atomic E-state index is 0.622. The number of aromatic nitrogens is 3. The first-order chi connectivity index (χ1) is 8.78. The molecule has 1 aromatic carbocycles.